The molecule has 0 aliphatic heterocycles. The zero-order chi connectivity index (χ0) is 18.1. The van der Waals surface area contributed by atoms with E-state index in [1.807, 2.05) is 0 Å². The van der Waals surface area contributed by atoms with Gasteiger partial charge in [0.25, 0.3) is 0 Å². The molecule has 0 bridgehead atoms. The Hall–Kier alpha value is -2.37. The van der Waals surface area contributed by atoms with Gasteiger partial charge in [-0.1, -0.05) is 50.8 Å². The van der Waals surface area contributed by atoms with Gasteiger partial charge in [-0.15, -0.1) is 5.11 Å². The standard InChI is InChI=1S/C19H21F3N2O/c1-2-3-4-5-9-12-25-19-15(20)13-16(17(21)18(19)22)24-23-14-10-7-6-8-11-14/h6-8,10-11,13H,2-5,9,12H2,1H3. The molecule has 0 unspecified atom stereocenters. The molecule has 2 rings (SSSR count). The average Bonchev–Trinajstić information content (AvgIpc) is 2.63. The summed E-state index contributed by atoms with van der Waals surface area (Å²) in [4.78, 5) is 0. The summed E-state index contributed by atoms with van der Waals surface area (Å²) in [5, 5.41) is 7.35. The van der Waals surface area contributed by atoms with Gasteiger partial charge in [-0.25, -0.2) is 8.78 Å². The van der Waals surface area contributed by atoms with Crippen molar-refractivity contribution >= 4 is 11.4 Å². The van der Waals surface area contributed by atoms with Crippen LogP contribution in [0.15, 0.2) is 46.6 Å². The van der Waals surface area contributed by atoms with Gasteiger partial charge in [0.15, 0.2) is 17.4 Å². The predicted octanol–water partition coefficient (Wildman–Crippen LogP) is 6.87. The third-order valence-electron chi connectivity index (χ3n) is 3.62. The van der Waals surface area contributed by atoms with E-state index < -0.39 is 28.9 Å². The highest BCUT2D eigenvalue weighted by molar-refractivity contribution is 5.46. The quantitative estimate of drug-likeness (QED) is 0.276. The van der Waals surface area contributed by atoms with Crippen molar-refractivity contribution in [1.82, 2.24) is 0 Å². The van der Waals surface area contributed by atoms with Crippen LogP contribution in [0, 0.1) is 17.5 Å². The minimum absolute atomic E-state index is 0.141. The molecule has 3 nitrogen and oxygen atoms in total. The molecular formula is C19H21F3N2O. The van der Waals surface area contributed by atoms with Crippen molar-refractivity contribution in [2.75, 3.05) is 6.61 Å². The first-order valence-corrected chi connectivity index (χ1v) is 8.40. The molecule has 0 aliphatic rings. The molecule has 25 heavy (non-hydrogen) atoms. The summed E-state index contributed by atoms with van der Waals surface area (Å²) in [6.07, 6.45) is 4.82. The zero-order valence-corrected chi connectivity index (χ0v) is 14.1. The maximum absolute atomic E-state index is 14.0. The number of hydrogen-bond acceptors (Lipinski definition) is 3. The van der Waals surface area contributed by atoms with Crippen LogP contribution in [-0.4, -0.2) is 6.61 Å². The number of benzene rings is 2. The Bertz CT molecular complexity index is 706. The summed E-state index contributed by atoms with van der Waals surface area (Å²) in [5.74, 6) is -4.35. The topological polar surface area (TPSA) is 34.0 Å². The zero-order valence-electron chi connectivity index (χ0n) is 14.1. The number of nitrogens with zero attached hydrogens (tertiary/aromatic N) is 2. The highest BCUT2D eigenvalue weighted by Crippen LogP contribution is 2.32. The Labute approximate surface area is 145 Å². The molecule has 0 amide bonds. The lowest BCUT2D eigenvalue weighted by atomic mass is 10.2. The molecule has 0 heterocycles. The Balaban J connectivity index is 2.04. The van der Waals surface area contributed by atoms with Gasteiger partial charge in [-0.3, -0.25) is 0 Å². The van der Waals surface area contributed by atoms with Crippen LogP contribution < -0.4 is 4.74 Å². The van der Waals surface area contributed by atoms with Gasteiger partial charge in [-0.2, -0.15) is 9.50 Å². The number of halogens is 3. The number of azo groups is 1. The van der Waals surface area contributed by atoms with Crippen LogP contribution in [0.2, 0.25) is 0 Å². The fourth-order valence-corrected chi connectivity index (χ4v) is 2.26. The summed E-state index contributed by atoms with van der Waals surface area (Å²) >= 11 is 0. The van der Waals surface area contributed by atoms with Crippen molar-refractivity contribution in [3.63, 3.8) is 0 Å². The van der Waals surface area contributed by atoms with Crippen molar-refractivity contribution < 1.29 is 17.9 Å². The van der Waals surface area contributed by atoms with Crippen LogP contribution in [0.4, 0.5) is 24.5 Å². The van der Waals surface area contributed by atoms with E-state index in [0.29, 0.717) is 12.1 Å². The van der Waals surface area contributed by atoms with Crippen LogP contribution in [0.3, 0.4) is 0 Å². The molecule has 134 valence electrons. The molecule has 6 heteroatoms. The molecule has 0 atom stereocenters. The molecule has 2 aromatic carbocycles. The number of rotatable bonds is 9. The molecule has 0 saturated carbocycles. The second kappa shape index (κ2) is 9.81. The van der Waals surface area contributed by atoms with E-state index in [1.54, 1.807) is 30.3 Å². The van der Waals surface area contributed by atoms with Gasteiger partial charge >= 0.3 is 0 Å². The maximum Gasteiger partial charge on any atom is 0.206 e. The molecule has 0 aliphatic carbocycles. The average molecular weight is 350 g/mol. The second-order valence-corrected chi connectivity index (χ2v) is 5.63. The Morgan fingerprint density at radius 1 is 0.880 bits per heavy atom. The van der Waals surface area contributed by atoms with Crippen molar-refractivity contribution in [2.45, 2.75) is 39.0 Å². The van der Waals surface area contributed by atoms with Crippen LogP contribution >= 0.6 is 0 Å². The van der Waals surface area contributed by atoms with E-state index in [4.69, 9.17) is 4.74 Å². The Morgan fingerprint density at radius 2 is 1.60 bits per heavy atom. The van der Waals surface area contributed by atoms with Gasteiger partial charge in [0.1, 0.15) is 5.69 Å². The summed E-state index contributed by atoms with van der Waals surface area (Å²) in [5.41, 5.74) is -0.0516. The van der Waals surface area contributed by atoms with E-state index in [9.17, 15) is 13.2 Å². The molecule has 2 aromatic rings. The first-order chi connectivity index (χ1) is 12.1. The third-order valence-corrected chi connectivity index (χ3v) is 3.62. The maximum atomic E-state index is 14.0. The van der Waals surface area contributed by atoms with Gasteiger partial charge in [0.05, 0.1) is 12.3 Å². The largest absolute Gasteiger partial charge is 0.488 e. The lowest BCUT2D eigenvalue weighted by Gasteiger charge is -2.09. The van der Waals surface area contributed by atoms with Crippen molar-refractivity contribution in [3.8, 4) is 5.75 Å². The molecule has 0 N–H and O–H groups in total. The van der Waals surface area contributed by atoms with Gasteiger partial charge in [0, 0.05) is 6.07 Å². The van der Waals surface area contributed by atoms with Crippen LogP contribution in [0.1, 0.15) is 39.0 Å². The smallest absolute Gasteiger partial charge is 0.206 e. The van der Waals surface area contributed by atoms with Crippen molar-refractivity contribution in [2.24, 2.45) is 10.2 Å². The van der Waals surface area contributed by atoms with Crippen LogP contribution in [-0.2, 0) is 0 Å². The van der Waals surface area contributed by atoms with E-state index >= 15 is 0 Å². The second-order valence-electron chi connectivity index (χ2n) is 5.63. The summed E-state index contributed by atoms with van der Waals surface area (Å²) < 4.78 is 47.2. The summed E-state index contributed by atoms with van der Waals surface area (Å²) in [6.45, 7) is 2.24. The fraction of sp³-hybridized carbons (Fsp3) is 0.368. The first kappa shape index (κ1) is 19.0. The van der Waals surface area contributed by atoms with Crippen molar-refractivity contribution in [1.29, 1.82) is 0 Å². The summed E-state index contributed by atoms with van der Waals surface area (Å²) in [6, 6.07) is 9.31. The third kappa shape index (κ3) is 5.59. The molecule has 0 radical (unpaired) electrons. The number of ether oxygens (including phenoxy) is 1. The van der Waals surface area contributed by atoms with Gasteiger partial charge in [0.2, 0.25) is 5.82 Å². The molecule has 0 aromatic heterocycles. The SMILES string of the molecule is CCCCCCCOc1c(F)cc(N=Nc2ccccc2)c(F)c1F. The minimum atomic E-state index is -1.38. The van der Waals surface area contributed by atoms with E-state index in [-0.39, 0.29) is 6.61 Å². The minimum Gasteiger partial charge on any atom is -0.488 e. The van der Waals surface area contributed by atoms with Gasteiger partial charge in [-0.05, 0) is 18.6 Å². The predicted molar refractivity (Wildman–Crippen MR) is 91.2 cm³/mol. The molecule has 0 spiro atoms. The first-order valence-electron chi connectivity index (χ1n) is 8.40. The van der Waals surface area contributed by atoms with Crippen LogP contribution in [0.25, 0.3) is 0 Å². The highest BCUT2D eigenvalue weighted by atomic mass is 19.2. The normalized spacial score (nSPS) is 11.2. The Morgan fingerprint density at radius 3 is 2.32 bits per heavy atom. The fourth-order valence-electron chi connectivity index (χ4n) is 2.26. The highest BCUT2D eigenvalue weighted by Gasteiger charge is 2.20. The Kier molecular flexibility index (Phi) is 7.44. The number of unbranched alkanes of at least 4 members (excludes halogenated alkanes) is 4. The summed E-state index contributed by atoms with van der Waals surface area (Å²) in [7, 11) is 0. The van der Waals surface area contributed by atoms with Crippen LogP contribution in [0.5, 0.6) is 5.75 Å². The number of hydrogen-bond donors (Lipinski definition) is 0. The molecular weight excluding hydrogens is 329 g/mol. The van der Waals surface area contributed by atoms with E-state index in [1.165, 1.54) is 0 Å². The van der Waals surface area contributed by atoms with E-state index in [2.05, 4.69) is 17.2 Å². The molecule has 0 fully saturated rings. The lowest BCUT2D eigenvalue weighted by molar-refractivity contribution is 0.270. The lowest BCUT2D eigenvalue weighted by Crippen LogP contribution is -2.03. The monoisotopic (exact) mass is 350 g/mol. The van der Waals surface area contributed by atoms with Crippen molar-refractivity contribution in [3.05, 3.63) is 53.8 Å². The van der Waals surface area contributed by atoms with E-state index in [0.717, 1.165) is 31.7 Å². The van der Waals surface area contributed by atoms with Gasteiger partial charge < -0.3 is 4.74 Å². The molecule has 0 saturated heterocycles.